The molecular formula is C30H34ClF2N5O5. The number of likely N-dealkylation sites (tertiary alicyclic amines) is 1. The average Bonchev–Trinajstić information content (AvgIpc) is 3.33. The first-order chi connectivity index (χ1) is 20.6. The zero-order valence-corrected chi connectivity index (χ0v) is 24.7. The summed E-state index contributed by atoms with van der Waals surface area (Å²) in [6.07, 6.45) is 2.53. The van der Waals surface area contributed by atoms with Crippen molar-refractivity contribution in [1.29, 1.82) is 0 Å². The number of ether oxygens (including phenoxy) is 3. The normalized spacial score (nSPS) is 20.2. The summed E-state index contributed by atoms with van der Waals surface area (Å²) in [5.41, 5.74) is 1.04. The Kier molecular flexibility index (Phi) is 9.72. The van der Waals surface area contributed by atoms with Gasteiger partial charge in [0.15, 0.2) is 5.83 Å². The van der Waals surface area contributed by atoms with E-state index in [0.29, 0.717) is 61.1 Å². The van der Waals surface area contributed by atoms with Gasteiger partial charge in [0.05, 0.1) is 55.4 Å². The second-order valence-corrected chi connectivity index (χ2v) is 11.7. The fraction of sp³-hybridized carbons (Fsp3) is 0.433. The largest absolute Gasteiger partial charge is 0.491 e. The molecule has 2 aromatic carbocycles. The van der Waals surface area contributed by atoms with E-state index in [1.807, 2.05) is 18.7 Å². The minimum Gasteiger partial charge on any atom is -0.491 e. The van der Waals surface area contributed by atoms with Gasteiger partial charge < -0.3 is 30.0 Å². The number of carbonyl (C=O) groups excluding carboxylic acids is 1. The SMILES string of the molecule is CC1CN(CC=C(F)C(=O)Nc2cc3c(Nc4ccc(F)c(Cl)c4)ncnc3cc2OCC2(C)COC2)CC1OCCO. The Morgan fingerprint density at radius 2 is 2.09 bits per heavy atom. The second-order valence-electron chi connectivity index (χ2n) is 11.3. The second kappa shape index (κ2) is 13.5. The molecular weight excluding hydrogens is 584 g/mol. The zero-order valence-electron chi connectivity index (χ0n) is 23.9. The van der Waals surface area contributed by atoms with E-state index in [-0.39, 0.29) is 47.9 Å². The van der Waals surface area contributed by atoms with Gasteiger partial charge in [-0.1, -0.05) is 25.4 Å². The lowest BCUT2D eigenvalue weighted by molar-refractivity contribution is -0.120. The van der Waals surface area contributed by atoms with Crippen molar-refractivity contribution >= 4 is 45.6 Å². The summed E-state index contributed by atoms with van der Waals surface area (Å²) in [5, 5.41) is 15.2. The van der Waals surface area contributed by atoms with Gasteiger partial charge in [0.25, 0.3) is 5.91 Å². The molecule has 1 amide bonds. The number of anilines is 3. The van der Waals surface area contributed by atoms with Crippen molar-refractivity contribution < 1.29 is 32.9 Å². The Labute approximate surface area is 253 Å². The number of carbonyl (C=O) groups is 1. The molecule has 3 heterocycles. The van der Waals surface area contributed by atoms with E-state index < -0.39 is 17.6 Å². The van der Waals surface area contributed by atoms with E-state index in [9.17, 15) is 9.18 Å². The third-order valence-electron chi connectivity index (χ3n) is 7.43. The van der Waals surface area contributed by atoms with Crippen LogP contribution in [-0.2, 0) is 14.3 Å². The molecule has 0 bridgehead atoms. The van der Waals surface area contributed by atoms with Crippen molar-refractivity contribution in [3.8, 4) is 5.75 Å². The van der Waals surface area contributed by atoms with Crippen LogP contribution < -0.4 is 15.4 Å². The molecule has 2 saturated heterocycles. The minimum absolute atomic E-state index is 0.0562. The third kappa shape index (κ3) is 7.57. The smallest absolute Gasteiger partial charge is 0.284 e. The fourth-order valence-electron chi connectivity index (χ4n) is 4.98. The number of amides is 1. The molecule has 230 valence electrons. The highest BCUT2D eigenvalue weighted by Gasteiger charge is 2.35. The number of benzene rings is 2. The van der Waals surface area contributed by atoms with E-state index in [4.69, 9.17) is 30.9 Å². The van der Waals surface area contributed by atoms with Crippen molar-refractivity contribution in [3.05, 3.63) is 59.4 Å². The number of aliphatic hydroxyl groups excluding tert-OH is 1. The van der Waals surface area contributed by atoms with Gasteiger partial charge in [0.1, 0.15) is 23.7 Å². The van der Waals surface area contributed by atoms with Crippen LogP contribution in [0.5, 0.6) is 5.75 Å². The monoisotopic (exact) mass is 617 g/mol. The Bertz CT molecular complexity index is 1510. The van der Waals surface area contributed by atoms with E-state index in [1.165, 1.54) is 30.6 Å². The lowest BCUT2D eigenvalue weighted by Crippen LogP contribution is -2.44. The Hall–Kier alpha value is -3.42. The van der Waals surface area contributed by atoms with Gasteiger partial charge in [-0.2, -0.15) is 0 Å². The Balaban J connectivity index is 1.37. The highest BCUT2D eigenvalue weighted by molar-refractivity contribution is 6.31. The van der Waals surface area contributed by atoms with Crippen LogP contribution in [0.1, 0.15) is 13.8 Å². The minimum atomic E-state index is -0.943. The fourth-order valence-corrected chi connectivity index (χ4v) is 5.17. The number of aliphatic hydroxyl groups is 1. The number of aromatic nitrogens is 2. The first kappa shape index (κ1) is 31.0. The standard InChI is InChI=1S/C30H34ClF2N5O5/c1-18-12-38(13-27(18)42-8-7-39)6-5-23(33)29(40)37-25-10-20-24(11-26(25)43-16-30(2)14-41-15-30)34-17-35-28(20)36-19-3-4-22(32)21(31)9-19/h3-5,9-11,17-18,27,39H,6-8,12-16H2,1-2H3,(H,37,40)(H,34,35,36). The molecule has 0 spiro atoms. The molecule has 2 fully saturated rings. The van der Waals surface area contributed by atoms with Crippen molar-refractivity contribution in [3.63, 3.8) is 0 Å². The third-order valence-corrected chi connectivity index (χ3v) is 7.72. The maximum Gasteiger partial charge on any atom is 0.284 e. The highest BCUT2D eigenvalue weighted by Crippen LogP contribution is 2.36. The number of halogens is 3. The van der Waals surface area contributed by atoms with Gasteiger partial charge in [0.2, 0.25) is 0 Å². The first-order valence-electron chi connectivity index (χ1n) is 14.0. The lowest BCUT2D eigenvalue weighted by Gasteiger charge is -2.37. The van der Waals surface area contributed by atoms with Crippen LogP contribution in [0.2, 0.25) is 5.02 Å². The molecule has 10 nitrogen and oxygen atoms in total. The summed E-state index contributed by atoms with van der Waals surface area (Å²) in [4.78, 5) is 23.6. The first-order valence-corrected chi connectivity index (χ1v) is 14.3. The van der Waals surface area contributed by atoms with Crippen LogP contribution in [0.25, 0.3) is 10.9 Å². The predicted molar refractivity (Wildman–Crippen MR) is 159 cm³/mol. The molecule has 5 rings (SSSR count). The van der Waals surface area contributed by atoms with E-state index >= 15 is 4.39 Å². The quantitative estimate of drug-likeness (QED) is 0.249. The van der Waals surface area contributed by atoms with E-state index in [1.54, 1.807) is 12.1 Å². The van der Waals surface area contributed by atoms with Gasteiger partial charge in [0, 0.05) is 42.2 Å². The van der Waals surface area contributed by atoms with Crippen LogP contribution >= 0.6 is 11.6 Å². The van der Waals surface area contributed by atoms with E-state index in [0.717, 1.165) is 0 Å². The molecule has 2 atom stereocenters. The van der Waals surface area contributed by atoms with Crippen molar-refractivity contribution in [2.75, 3.05) is 63.3 Å². The summed E-state index contributed by atoms with van der Waals surface area (Å²) >= 11 is 5.94. The van der Waals surface area contributed by atoms with Crippen molar-refractivity contribution in [1.82, 2.24) is 14.9 Å². The van der Waals surface area contributed by atoms with Gasteiger partial charge in [-0.05, 0) is 36.3 Å². The number of fused-ring (bicyclic) bond motifs is 1. The van der Waals surface area contributed by atoms with E-state index in [2.05, 4.69) is 20.6 Å². The van der Waals surface area contributed by atoms with Crippen molar-refractivity contribution in [2.24, 2.45) is 11.3 Å². The maximum atomic E-state index is 15.1. The topological polar surface area (TPSA) is 118 Å². The molecule has 43 heavy (non-hydrogen) atoms. The Morgan fingerprint density at radius 3 is 2.81 bits per heavy atom. The zero-order chi connectivity index (χ0) is 30.6. The lowest BCUT2D eigenvalue weighted by atomic mass is 9.90. The molecule has 0 saturated carbocycles. The van der Waals surface area contributed by atoms with Gasteiger partial charge in [-0.25, -0.2) is 18.7 Å². The predicted octanol–water partition coefficient (Wildman–Crippen LogP) is 4.70. The summed E-state index contributed by atoms with van der Waals surface area (Å²) in [5.74, 6) is -1.53. The molecule has 2 unspecified atom stereocenters. The van der Waals surface area contributed by atoms with Crippen LogP contribution in [0.4, 0.5) is 26.0 Å². The van der Waals surface area contributed by atoms with Crippen LogP contribution in [-0.4, -0.2) is 84.7 Å². The number of rotatable bonds is 12. The number of hydrogen-bond donors (Lipinski definition) is 3. The van der Waals surface area contributed by atoms with Crippen molar-refractivity contribution in [2.45, 2.75) is 20.0 Å². The molecule has 1 aromatic heterocycles. The average molecular weight is 618 g/mol. The molecule has 13 heteroatoms. The van der Waals surface area contributed by atoms with Crippen LogP contribution in [0.15, 0.2) is 48.6 Å². The molecule has 2 aliphatic rings. The number of nitrogens with zero attached hydrogens (tertiary/aromatic N) is 3. The number of hydrogen-bond acceptors (Lipinski definition) is 9. The van der Waals surface area contributed by atoms with Crippen LogP contribution in [0, 0.1) is 17.2 Å². The van der Waals surface area contributed by atoms with Gasteiger partial charge in [-0.15, -0.1) is 0 Å². The summed E-state index contributed by atoms with van der Waals surface area (Å²) < 4.78 is 45.8. The van der Waals surface area contributed by atoms with Gasteiger partial charge in [-0.3, -0.25) is 9.69 Å². The summed E-state index contributed by atoms with van der Waals surface area (Å²) in [6, 6.07) is 7.43. The molecule has 3 aromatic rings. The molecule has 2 aliphatic heterocycles. The molecule has 0 aliphatic carbocycles. The highest BCUT2D eigenvalue weighted by atomic mass is 35.5. The summed E-state index contributed by atoms with van der Waals surface area (Å²) in [6.45, 7) is 7.12. The summed E-state index contributed by atoms with van der Waals surface area (Å²) in [7, 11) is 0. The number of nitrogens with one attached hydrogen (secondary N) is 2. The van der Waals surface area contributed by atoms with Crippen LogP contribution in [0.3, 0.4) is 0 Å². The molecule has 3 N–H and O–H groups in total. The maximum absolute atomic E-state index is 15.1. The Morgan fingerprint density at radius 1 is 1.28 bits per heavy atom. The molecule has 0 radical (unpaired) electrons. The van der Waals surface area contributed by atoms with Gasteiger partial charge >= 0.3 is 0 Å².